The third-order valence-corrected chi connectivity index (χ3v) is 2.26. The van der Waals surface area contributed by atoms with Gasteiger partial charge in [0, 0.05) is 6.08 Å². The number of carbonyl (C=O) groups is 1. The highest BCUT2D eigenvalue weighted by Crippen LogP contribution is 2.20. The number of aliphatic carboxylic acids is 1. The van der Waals surface area contributed by atoms with Crippen molar-refractivity contribution >= 4 is 16.0 Å². The maximum Gasteiger partial charge on any atom is 0.331 e. The van der Waals surface area contributed by atoms with Crippen molar-refractivity contribution in [1.29, 1.82) is 0 Å². The van der Waals surface area contributed by atoms with Gasteiger partial charge in [-0.25, -0.2) is 18.4 Å². The Morgan fingerprint density at radius 3 is 2.54 bits per heavy atom. The molecule has 7 nitrogen and oxygen atoms in total. The number of nitrogens with one attached hydrogen (secondary N) is 1. The summed E-state index contributed by atoms with van der Waals surface area (Å²) < 4.78 is 21.4. The third kappa shape index (κ3) is 1.79. The molecule has 0 aliphatic carbocycles. The first-order chi connectivity index (χ1) is 5.76. The number of nitrogens with two attached hydrogens (primary N) is 1. The molecule has 74 valence electrons. The molecule has 1 rings (SSSR count). The van der Waals surface area contributed by atoms with Gasteiger partial charge in [-0.05, 0) is 6.92 Å². The first kappa shape index (κ1) is 9.96. The van der Waals surface area contributed by atoms with Gasteiger partial charge in [-0.2, -0.15) is 0 Å². The molecule has 0 aromatic rings. The minimum absolute atomic E-state index is 0.586. The van der Waals surface area contributed by atoms with E-state index in [1.54, 1.807) is 0 Å². The van der Waals surface area contributed by atoms with E-state index in [4.69, 9.17) is 10.2 Å². The molecule has 0 aromatic heterocycles. The van der Waals surface area contributed by atoms with Gasteiger partial charge in [0.15, 0.2) is 5.54 Å². The van der Waals surface area contributed by atoms with Crippen LogP contribution in [0, 0.1) is 0 Å². The molecular weight excluding hydrogens is 200 g/mol. The van der Waals surface area contributed by atoms with Crippen molar-refractivity contribution in [3.8, 4) is 0 Å². The maximum atomic E-state index is 10.7. The Kier molecular flexibility index (Phi) is 2.06. The van der Waals surface area contributed by atoms with E-state index < -0.39 is 26.6 Å². The largest absolute Gasteiger partial charge is 0.480 e. The molecule has 0 amide bonds. The van der Waals surface area contributed by atoms with Gasteiger partial charge in [0.05, 0.1) is 0 Å². The zero-order valence-electron chi connectivity index (χ0n) is 6.64. The van der Waals surface area contributed by atoms with Gasteiger partial charge < -0.3 is 9.94 Å². The lowest BCUT2D eigenvalue weighted by Gasteiger charge is -2.12. The highest BCUT2D eigenvalue weighted by Gasteiger charge is 2.40. The molecule has 8 heteroatoms. The molecule has 1 aliphatic rings. The molecule has 1 atom stereocenters. The number of carboxylic acids is 1. The second kappa shape index (κ2) is 2.69. The molecule has 13 heavy (non-hydrogen) atoms. The predicted octanol–water partition coefficient (Wildman–Crippen LogP) is -1.51. The van der Waals surface area contributed by atoms with Crippen LogP contribution in [0.1, 0.15) is 6.92 Å². The van der Waals surface area contributed by atoms with E-state index in [9.17, 15) is 13.2 Å². The number of hydrogen-bond acceptors (Lipinski definition) is 5. The molecule has 0 saturated heterocycles. The van der Waals surface area contributed by atoms with Crippen molar-refractivity contribution in [3.63, 3.8) is 0 Å². The second-order valence-corrected chi connectivity index (χ2v) is 4.21. The zero-order valence-corrected chi connectivity index (χ0v) is 7.46. The van der Waals surface area contributed by atoms with Gasteiger partial charge >= 0.3 is 5.97 Å². The molecule has 0 spiro atoms. The van der Waals surface area contributed by atoms with E-state index in [2.05, 4.69) is 4.84 Å². The summed E-state index contributed by atoms with van der Waals surface area (Å²) in [5.74, 6) is -1.26. The Morgan fingerprint density at radius 1 is 1.77 bits per heavy atom. The van der Waals surface area contributed by atoms with Crippen LogP contribution in [-0.2, 0) is 19.7 Å². The van der Waals surface area contributed by atoms with Crippen LogP contribution >= 0.6 is 0 Å². The molecule has 1 unspecified atom stereocenters. The van der Waals surface area contributed by atoms with Crippen LogP contribution in [0.15, 0.2) is 11.2 Å². The number of rotatable bonds is 2. The summed E-state index contributed by atoms with van der Waals surface area (Å²) in [5, 5.41) is 12.8. The summed E-state index contributed by atoms with van der Waals surface area (Å²) in [6.45, 7) is 1.24. The fourth-order valence-corrected chi connectivity index (χ4v) is 1.25. The maximum absolute atomic E-state index is 10.7. The van der Waals surface area contributed by atoms with Crippen molar-refractivity contribution in [1.82, 2.24) is 5.48 Å². The quantitative estimate of drug-likeness (QED) is 0.508. The summed E-state index contributed by atoms with van der Waals surface area (Å²) in [6, 6.07) is 0. The van der Waals surface area contributed by atoms with E-state index >= 15 is 0 Å². The summed E-state index contributed by atoms with van der Waals surface area (Å²) >= 11 is 0. The minimum Gasteiger partial charge on any atom is -0.480 e. The van der Waals surface area contributed by atoms with Gasteiger partial charge in [0.25, 0.3) is 15.1 Å². The highest BCUT2D eigenvalue weighted by atomic mass is 32.2. The molecule has 0 saturated carbocycles. The predicted molar refractivity (Wildman–Crippen MR) is 41.5 cm³/mol. The van der Waals surface area contributed by atoms with Crippen LogP contribution in [0.25, 0.3) is 0 Å². The number of hydrogen-bond donors (Lipinski definition) is 3. The van der Waals surface area contributed by atoms with Gasteiger partial charge in [0.2, 0.25) is 0 Å². The Bertz CT molecular complexity index is 372. The van der Waals surface area contributed by atoms with Crippen molar-refractivity contribution < 1.29 is 23.2 Å². The van der Waals surface area contributed by atoms with Gasteiger partial charge in [-0.1, -0.05) is 0 Å². The van der Waals surface area contributed by atoms with E-state index in [0.717, 1.165) is 6.08 Å². The van der Waals surface area contributed by atoms with Crippen LogP contribution in [-0.4, -0.2) is 25.0 Å². The lowest BCUT2D eigenvalue weighted by atomic mass is 10.1. The van der Waals surface area contributed by atoms with Crippen molar-refractivity contribution in [2.24, 2.45) is 5.14 Å². The molecule has 0 aromatic carbocycles. The summed E-state index contributed by atoms with van der Waals surface area (Å²) in [4.78, 5) is 15.0. The highest BCUT2D eigenvalue weighted by molar-refractivity contribution is 7.92. The molecular formula is C5H8N2O5S. The smallest absolute Gasteiger partial charge is 0.331 e. The van der Waals surface area contributed by atoms with Gasteiger partial charge in [-0.3, -0.25) is 0 Å². The van der Waals surface area contributed by atoms with Gasteiger partial charge in [-0.15, -0.1) is 5.48 Å². The van der Waals surface area contributed by atoms with E-state index in [-0.39, 0.29) is 0 Å². The average Bonchev–Trinajstić information content (AvgIpc) is 2.31. The lowest BCUT2D eigenvalue weighted by Crippen LogP contribution is -2.43. The normalized spacial score (nSPS) is 28.0. The molecule has 1 heterocycles. The molecule has 1 aliphatic heterocycles. The monoisotopic (exact) mass is 208 g/mol. The number of hydroxylamine groups is 1. The number of primary sulfonamides is 1. The Hall–Kier alpha value is -1.12. The lowest BCUT2D eigenvalue weighted by molar-refractivity contribution is -0.144. The Balaban J connectivity index is 3.06. The van der Waals surface area contributed by atoms with Gasteiger partial charge in [0.1, 0.15) is 0 Å². The van der Waals surface area contributed by atoms with E-state index in [0.29, 0.717) is 0 Å². The second-order valence-electron chi connectivity index (χ2n) is 2.72. The van der Waals surface area contributed by atoms with Crippen molar-refractivity contribution in [2.75, 3.05) is 0 Å². The number of sulfonamides is 1. The van der Waals surface area contributed by atoms with E-state index in [1.165, 1.54) is 6.92 Å². The summed E-state index contributed by atoms with van der Waals surface area (Å²) in [5.41, 5.74) is 0.484. The van der Waals surface area contributed by atoms with Crippen LogP contribution in [0.5, 0.6) is 0 Å². The Labute approximate surface area is 74.2 Å². The minimum atomic E-state index is -3.99. The van der Waals surface area contributed by atoms with Crippen molar-refractivity contribution in [2.45, 2.75) is 12.5 Å². The molecule has 0 bridgehead atoms. The summed E-state index contributed by atoms with van der Waals surface area (Å²) in [6.07, 6.45) is 0.894. The molecule has 0 radical (unpaired) electrons. The Morgan fingerprint density at radius 2 is 2.31 bits per heavy atom. The fourth-order valence-electron chi connectivity index (χ4n) is 0.697. The van der Waals surface area contributed by atoms with Crippen LogP contribution in [0.3, 0.4) is 0 Å². The van der Waals surface area contributed by atoms with Crippen LogP contribution in [0.2, 0.25) is 0 Å². The van der Waals surface area contributed by atoms with Crippen molar-refractivity contribution in [3.05, 3.63) is 11.2 Å². The average molecular weight is 208 g/mol. The van der Waals surface area contributed by atoms with Crippen LogP contribution in [0.4, 0.5) is 0 Å². The standard InChI is InChI=1S/C5H8N2O5S/c1-5(4(8)9)2-3(12-7-5)13(6,10)11/h2,7H,1H3,(H,8,9)(H2,6,10,11). The third-order valence-electron chi connectivity index (χ3n) is 1.49. The summed E-state index contributed by atoms with van der Waals surface area (Å²) in [7, 11) is -3.99. The van der Waals surface area contributed by atoms with Crippen LogP contribution < -0.4 is 10.6 Å². The topological polar surface area (TPSA) is 119 Å². The molecule has 0 fully saturated rings. The first-order valence-corrected chi connectivity index (χ1v) is 4.73. The fraction of sp³-hybridized carbons (Fsp3) is 0.400. The zero-order chi connectivity index (χ0) is 10.3. The number of carboxylic acid groups (broad SMARTS) is 1. The SMILES string of the molecule is CC1(C(=O)O)C=C(S(N)(=O)=O)ON1. The first-order valence-electron chi connectivity index (χ1n) is 3.19. The van der Waals surface area contributed by atoms with E-state index in [1.807, 2.05) is 5.48 Å². The molecule has 4 N–H and O–H groups in total.